The molecule has 0 amide bonds. The minimum atomic E-state index is -1.50. The standard InChI is InChI=1S/C15H20BN3O3S.C3H7N/c1-21-23(2,17)10-5-9(6-10)12-7-16(20)22-13-8-19-15-11(14(12)13)3-4-18-15;4-3-1-2-3/h3-4,7-10,20H,5-6,17H2,1-2H3,(H,18,19);3H,1-2,4H2. The monoisotopic (exact) mass is 390 g/mol. The van der Waals surface area contributed by atoms with Crippen molar-refractivity contribution < 1.29 is 13.9 Å². The van der Waals surface area contributed by atoms with Gasteiger partial charge in [-0.05, 0) is 49.2 Å². The van der Waals surface area contributed by atoms with E-state index in [9.17, 15) is 5.02 Å². The number of pyridine rings is 1. The second kappa shape index (κ2) is 7.14. The van der Waals surface area contributed by atoms with Crippen molar-refractivity contribution in [2.24, 2.45) is 16.8 Å². The van der Waals surface area contributed by atoms with Crippen LogP contribution in [0.2, 0.25) is 0 Å². The topological polar surface area (TPSA) is 119 Å². The number of hydrogen-bond donors (Lipinski definition) is 4. The largest absolute Gasteiger partial charge is 0.552 e. The third-order valence-electron chi connectivity index (χ3n) is 5.59. The molecule has 1 aliphatic heterocycles. The van der Waals surface area contributed by atoms with Crippen molar-refractivity contribution in [1.82, 2.24) is 9.97 Å². The van der Waals surface area contributed by atoms with Gasteiger partial charge >= 0.3 is 7.12 Å². The predicted molar refractivity (Wildman–Crippen MR) is 111 cm³/mol. The molecule has 0 saturated heterocycles. The smallest absolute Gasteiger partial charge is 0.531 e. The van der Waals surface area contributed by atoms with Crippen LogP contribution in [0, 0.1) is 5.92 Å². The van der Waals surface area contributed by atoms with Crippen molar-refractivity contribution in [3.05, 3.63) is 30.0 Å². The molecule has 9 heteroatoms. The molecule has 6 N–H and O–H groups in total. The maximum atomic E-state index is 10.0. The average molecular weight is 390 g/mol. The van der Waals surface area contributed by atoms with Gasteiger partial charge in [0.25, 0.3) is 0 Å². The zero-order valence-corrected chi connectivity index (χ0v) is 16.5. The quantitative estimate of drug-likeness (QED) is 0.596. The predicted octanol–water partition coefficient (Wildman–Crippen LogP) is 2.11. The molecule has 1 unspecified atom stereocenters. The van der Waals surface area contributed by atoms with Crippen LogP contribution < -0.4 is 15.5 Å². The molecule has 0 spiro atoms. The van der Waals surface area contributed by atoms with E-state index in [1.165, 1.54) is 12.8 Å². The van der Waals surface area contributed by atoms with Gasteiger partial charge in [-0.15, -0.1) is 0 Å². The van der Waals surface area contributed by atoms with Crippen molar-refractivity contribution in [2.45, 2.75) is 37.0 Å². The fourth-order valence-electron chi connectivity index (χ4n) is 3.55. The molecule has 27 heavy (non-hydrogen) atoms. The number of allylic oxidation sites excluding steroid dienone is 1. The van der Waals surface area contributed by atoms with Crippen LogP contribution in [0.25, 0.3) is 16.6 Å². The molecule has 0 aromatic carbocycles. The Morgan fingerprint density at radius 1 is 1.41 bits per heavy atom. The van der Waals surface area contributed by atoms with E-state index in [0.717, 1.165) is 35.0 Å². The molecule has 2 aromatic heterocycles. The van der Waals surface area contributed by atoms with Crippen molar-refractivity contribution in [3.8, 4) is 5.75 Å². The molecule has 1 atom stereocenters. The van der Waals surface area contributed by atoms with Gasteiger partial charge in [0, 0.05) is 41.8 Å². The lowest BCUT2D eigenvalue weighted by Crippen LogP contribution is -2.39. The van der Waals surface area contributed by atoms with Gasteiger partial charge in [0.1, 0.15) is 11.4 Å². The van der Waals surface area contributed by atoms with Gasteiger partial charge < -0.3 is 24.6 Å². The van der Waals surface area contributed by atoms with Crippen molar-refractivity contribution in [3.63, 3.8) is 0 Å². The van der Waals surface area contributed by atoms with Crippen molar-refractivity contribution >= 4 is 34.2 Å². The first-order valence-electron chi connectivity index (χ1n) is 9.28. The number of nitrogens with zero attached hydrogens (tertiary/aromatic N) is 1. The molecule has 2 aliphatic carbocycles. The maximum Gasteiger partial charge on any atom is 0.552 e. The Morgan fingerprint density at radius 3 is 2.74 bits per heavy atom. The Labute approximate surface area is 161 Å². The van der Waals surface area contributed by atoms with Crippen LogP contribution in [-0.2, 0) is 4.18 Å². The summed E-state index contributed by atoms with van der Waals surface area (Å²) >= 11 is 0. The zero-order valence-electron chi connectivity index (χ0n) is 15.7. The zero-order chi connectivity index (χ0) is 19.2. The lowest BCUT2D eigenvalue weighted by atomic mass is 9.70. The fraction of sp³-hybridized carbons (Fsp3) is 0.500. The Bertz CT molecular complexity index is 861. The van der Waals surface area contributed by atoms with E-state index in [1.54, 1.807) is 13.3 Å². The van der Waals surface area contributed by atoms with Crippen LogP contribution in [0.4, 0.5) is 0 Å². The first-order valence-corrected chi connectivity index (χ1v) is 11.4. The number of fused-ring (bicyclic) bond motifs is 3. The number of rotatable bonds is 3. The van der Waals surface area contributed by atoms with Gasteiger partial charge in [0.15, 0.2) is 0 Å². The number of nitrogens with one attached hydrogen (secondary N) is 1. The number of H-pyrrole nitrogens is 1. The Morgan fingerprint density at radius 2 is 2.11 bits per heavy atom. The molecule has 3 heterocycles. The molecule has 7 nitrogen and oxygen atoms in total. The van der Waals surface area contributed by atoms with Gasteiger partial charge in [0.2, 0.25) is 0 Å². The van der Waals surface area contributed by atoms with E-state index >= 15 is 0 Å². The van der Waals surface area contributed by atoms with E-state index in [2.05, 4.69) is 9.97 Å². The summed E-state index contributed by atoms with van der Waals surface area (Å²) in [5.74, 6) is 2.81. The Balaban J connectivity index is 0.000000400. The summed E-state index contributed by atoms with van der Waals surface area (Å²) in [7, 11) is -0.733. The highest BCUT2D eigenvalue weighted by molar-refractivity contribution is 8.28. The lowest BCUT2D eigenvalue weighted by Gasteiger charge is -2.48. The molecule has 2 saturated carbocycles. The third kappa shape index (κ3) is 3.75. The van der Waals surface area contributed by atoms with Gasteiger partial charge in [0.05, 0.1) is 6.20 Å². The van der Waals surface area contributed by atoms with Gasteiger partial charge in [-0.25, -0.2) is 4.98 Å². The lowest BCUT2D eigenvalue weighted by molar-refractivity contribution is 0.370. The number of nitrogens with two attached hydrogens (primary N) is 2. The summed E-state index contributed by atoms with van der Waals surface area (Å²) in [5, 5.41) is 17.7. The van der Waals surface area contributed by atoms with Gasteiger partial charge in [-0.1, -0.05) is 10.5 Å². The number of aromatic amines is 1. The third-order valence-corrected chi connectivity index (χ3v) is 8.01. The minimum absolute atomic E-state index is 0.364. The molecule has 0 bridgehead atoms. The Kier molecular flexibility index (Phi) is 4.98. The summed E-state index contributed by atoms with van der Waals surface area (Å²) in [4.78, 5) is 7.47. The normalized spacial score (nSPS) is 27.3. The summed E-state index contributed by atoms with van der Waals surface area (Å²) < 4.78 is 11.0. The maximum absolute atomic E-state index is 10.0. The molecular formula is C18H27BN4O3S. The SMILES string of the molecule is COS(C)(N)C1CC(C2=CB(O)Oc3cnc4[nH]ccc4c32)C1.NC1CC1. The first-order chi connectivity index (χ1) is 12.9. The summed E-state index contributed by atoms with van der Waals surface area (Å²) in [6, 6.07) is 2.58. The Hall–Kier alpha value is -1.52. The van der Waals surface area contributed by atoms with Gasteiger partial charge in [-0.3, -0.25) is 5.14 Å². The number of hydrogen-bond acceptors (Lipinski definition) is 6. The second-order valence-corrected chi connectivity index (χ2v) is 10.6. The van der Waals surface area contributed by atoms with Crippen LogP contribution in [0.15, 0.2) is 24.4 Å². The van der Waals surface area contributed by atoms with Crippen LogP contribution in [0.1, 0.15) is 31.2 Å². The van der Waals surface area contributed by atoms with Gasteiger partial charge in [-0.2, -0.15) is 0 Å². The van der Waals surface area contributed by atoms with Crippen LogP contribution in [0.3, 0.4) is 0 Å². The van der Waals surface area contributed by atoms with E-state index in [-0.39, 0.29) is 0 Å². The molecular weight excluding hydrogens is 363 g/mol. The van der Waals surface area contributed by atoms with E-state index in [0.29, 0.717) is 23.0 Å². The van der Waals surface area contributed by atoms with E-state index < -0.39 is 17.6 Å². The van der Waals surface area contributed by atoms with Crippen molar-refractivity contribution in [1.29, 1.82) is 0 Å². The highest BCUT2D eigenvalue weighted by atomic mass is 32.3. The van der Waals surface area contributed by atoms with E-state index in [1.807, 2.05) is 24.5 Å². The first kappa shape index (κ1) is 18.8. The average Bonchev–Trinajstić information content (AvgIpc) is 3.22. The molecule has 5 rings (SSSR count). The molecule has 3 aliphatic rings. The number of aromatic nitrogens is 2. The second-order valence-electron chi connectivity index (χ2n) is 7.63. The molecule has 2 aromatic rings. The summed E-state index contributed by atoms with van der Waals surface area (Å²) in [6.45, 7) is 0. The molecule has 146 valence electrons. The summed E-state index contributed by atoms with van der Waals surface area (Å²) in [5.41, 5.74) is 8.22. The molecule has 2 fully saturated rings. The minimum Gasteiger partial charge on any atom is -0.531 e. The highest BCUT2D eigenvalue weighted by Gasteiger charge is 2.42. The molecule has 0 radical (unpaired) electrons. The van der Waals surface area contributed by atoms with Crippen LogP contribution >= 0.6 is 10.5 Å². The van der Waals surface area contributed by atoms with Crippen LogP contribution in [-0.4, -0.2) is 46.8 Å². The van der Waals surface area contributed by atoms with E-state index in [4.69, 9.17) is 19.7 Å². The highest BCUT2D eigenvalue weighted by Crippen LogP contribution is 2.57. The summed E-state index contributed by atoms with van der Waals surface area (Å²) in [6.07, 6.45) is 10.0. The van der Waals surface area contributed by atoms with Crippen molar-refractivity contribution in [2.75, 3.05) is 13.4 Å². The fourth-order valence-corrected chi connectivity index (χ4v) is 5.05. The van der Waals surface area contributed by atoms with Crippen LogP contribution in [0.5, 0.6) is 5.75 Å².